The zero-order valence-electron chi connectivity index (χ0n) is 4.01. The van der Waals surface area contributed by atoms with E-state index in [1.807, 2.05) is 6.92 Å². The van der Waals surface area contributed by atoms with Crippen LogP contribution in [0.2, 0.25) is 0 Å². The maximum atomic E-state index is 9.91. The van der Waals surface area contributed by atoms with Gasteiger partial charge in [0, 0.05) is 6.04 Å². The standard InChI is InChI=1S/C4H7NO2/c1-2-3(5-2)4(6)7/h2-3,5H,1H3,(H,6,7)/t2-,3+/m1/s1. The Morgan fingerprint density at radius 1 is 1.86 bits per heavy atom. The Labute approximate surface area is 41.3 Å². The van der Waals surface area contributed by atoms with E-state index in [0.717, 1.165) is 0 Å². The van der Waals surface area contributed by atoms with E-state index in [0.29, 0.717) is 0 Å². The fourth-order valence-electron chi connectivity index (χ4n) is 0.513. The summed E-state index contributed by atoms with van der Waals surface area (Å²) >= 11 is 0. The average molecular weight is 101 g/mol. The van der Waals surface area contributed by atoms with Crippen LogP contribution in [0.3, 0.4) is 0 Å². The predicted octanol–water partition coefficient (Wildman–Crippen LogP) is -0.569. The van der Waals surface area contributed by atoms with Gasteiger partial charge < -0.3 is 5.11 Å². The lowest BCUT2D eigenvalue weighted by atomic mass is 10.4. The van der Waals surface area contributed by atoms with Crippen molar-refractivity contribution in [2.75, 3.05) is 0 Å². The molecule has 40 valence electrons. The molecule has 2 N–H and O–H groups in total. The van der Waals surface area contributed by atoms with Gasteiger partial charge in [-0.2, -0.15) is 0 Å². The number of aliphatic carboxylic acids is 1. The Kier molecular flexibility index (Phi) is 0.785. The average Bonchev–Trinajstić information content (AvgIpc) is 2.17. The number of carboxylic acids is 1. The summed E-state index contributed by atoms with van der Waals surface area (Å²) < 4.78 is 0. The van der Waals surface area contributed by atoms with Gasteiger partial charge >= 0.3 is 5.97 Å². The highest BCUT2D eigenvalue weighted by Gasteiger charge is 2.38. The lowest BCUT2D eigenvalue weighted by Crippen LogP contribution is -2.07. The van der Waals surface area contributed by atoms with Gasteiger partial charge in [-0.1, -0.05) is 0 Å². The van der Waals surface area contributed by atoms with Crippen LogP contribution in [-0.2, 0) is 4.79 Å². The van der Waals surface area contributed by atoms with E-state index in [1.54, 1.807) is 0 Å². The smallest absolute Gasteiger partial charge is 0.322 e. The zero-order chi connectivity index (χ0) is 5.44. The van der Waals surface area contributed by atoms with Crippen LogP contribution in [-0.4, -0.2) is 23.2 Å². The molecular weight excluding hydrogens is 94.0 g/mol. The second-order valence-electron chi connectivity index (χ2n) is 1.77. The molecule has 1 rings (SSSR count). The topological polar surface area (TPSA) is 59.2 Å². The van der Waals surface area contributed by atoms with Gasteiger partial charge in [-0.3, -0.25) is 10.1 Å². The van der Waals surface area contributed by atoms with E-state index < -0.39 is 5.97 Å². The second-order valence-corrected chi connectivity index (χ2v) is 1.77. The first kappa shape index (κ1) is 4.59. The van der Waals surface area contributed by atoms with Crippen LogP contribution < -0.4 is 5.32 Å². The van der Waals surface area contributed by atoms with Gasteiger partial charge in [-0.15, -0.1) is 0 Å². The van der Waals surface area contributed by atoms with Gasteiger partial charge in [0.2, 0.25) is 0 Å². The third kappa shape index (κ3) is 0.718. The second kappa shape index (κ2) is 1.20. The van der Waals surface area contributed by atoms with Gasteiger partial charge in [-0.25, -0.2) is 0 Å². The van der Waals surface area contributed by atoms with Crippen LogP contribution in [0, 0.1) is 0 Å². The van der Waals surface area contributed by atoms with Crippen LogP contribution in [0.5, 0.6) is 0 Å². The lowest BCUT2D eigenvalue weighted by molar-refractivity contribution is -0.136. The van der Waals surface area contributed by atoms with Gasteiger partial charge in [0.25, 0.3) is 0 Å². The van der Waals surface area contributed by atoms with Crippen LogP contribution in [0.15, 0.2) is 0 Å². The SMILES string of the molecule is C[C@H]1N[C@@H]1C(=O)O. The number of hydrogen-bond acceptors (Lipinski definition) is 2. The molecule has 0 aromatic rings. The van der Waals surface area contributed by atoms with Crippen LogP contribution in [0.25, 0.3) is 0 Å². The first-order valence-corrected chi connectivity index (χ1v) is 2.20. The van der Waals surface area contributed by atoms with Gasteiger partial charge in [0.1, 0.15) is 6.04 Å². The van der Waals surface area contributed by atoms with Crippen molar-refractivity contribution < 1.29 is 9.90 Å². The van der Waals surface area contributed by atoms with E-state index >= 15 is 0 Å². The molecule has 1 aliphatic heterocycles. The zero-order valence-corrected chi connectivity index (χ0v) is 4.01. The highest BCUT2D eigenvalue weighted by Crippen LogP contribution is 2.07. The number of hydrogen-bond donors (Lipinski definition) is 2. The highest BCUT2D eigenvalue weighted by atomic mass is 16.4. The number of carboxylic acid groups (broad SMARTS) is 1. The van der Waals surface area contributed by atoms with E-state index in [-0.39, 0.29) is 12.1 Å². The molecule has 0 amide bonds. The predicted molar refractivity (Wildman–Crippen MR) is 24.0 cm³/mol. The van der Waals surface area contributed by atoms with Crippen molar-refractivity contribution in [2.24, 2.45) is 0 Å². The van der Waals surface area contributed by atoms with Crippen molar-refractivity contribution >= 4 is 5.97 Å². The summed E-state index contributed by atoms with van der Waals surface area (Å²) in [6, 6.07) is -0.0718. The number of rotatable bonds is 1. The fraction of sp³-hybridized carbons (Fsp3) is 0.750. The molecule has 1 aliphatic rings. The van der Waals surface area contributed by atoms with Gasteiger partial charge in [-0.05, 0) is 6.92 Å². The molecule has 0 bridgehead atoms. The third-order valence-corrected chi connectivity index (χ3v) is 1.10. The van der Waals surface area contributed by atoms with Crippen LogP contribution >= 0.6 is 0 Å². The minimum atomic E-state index is -0.743. The number of nitrogens with one attached hydrogen (secondary N) is 1. The molecule has 0 spiro atoms. The van der Waals surface area contributed by atoms with Crippen molar-refractivity contribution in [3.63, 3.8) is 0 Å². The van der Waals surface area contributed by atoms with E-state index in [2.05, 4.69) is 5.32 Å². The van der Waals surface area contributed by atoms with Crippen LogP contribution in [0.4, 0.5) is 0 Å². The highest BCUT2D eigenvalue weighted by molar-refractivity contribution is 5.77. The fourth-order valence-corrected chi connectivity index (χ4v) is 0.513. The summed E-state index contributed by atoms with van der Waals surface area (Å²) in [5, 5.41) is 10.9. The molecule has 7 heavy (non-hydrogen) atoms. The molecule has 0 radical (unpaired) electrons. The molecule has 3 heteroatoms. The Hall–Kier alpha value is -0.570. The summed E-state index contributed by atoms with van der Waals surface area (Å²) in [7, 11) is 0. The largest absolute Gasteiger partial charge is 0.480 e. The molecule has 0 aromatic heterocycles. The minimum absolute atomic E-state index is 0.192. The molecule has 1 heterocycles. The Morgan fingerprint density at radius 2 is 2.29 bits per heavy atom. The minimum Gasteiger partial charge on any atom is -0.480 e. The van der Waals surface area contributed by atoms with Gasteiger partial charge in [0.05, 0.1) is 0 Å². The molecule has 0 saturated carbocycles. The first-order chi connectivity index (χ1) is 3.22. The van der Waals surface area contributed by atoms with Crippen molar-refractivity contribution in [3.8, 4) is 0 Å². The normalized spacial score (nSPS) is 37.9. The molecule has 1 fully saturated rings. The molecule has 0 aliphatic carbocycles. The lowest BCUT2D eigenvalue weighted by Gasteiger charge is -1.77. The maximum Gasteiger partial charge on any atom is 0.322 e. The Morgan fingerprint density at radius 3 is 2.29 bits per heavy atom. The molecule has 3 nitrogen and oxygen atoms in total. The van der Waals surface area contributed by atoms with E-state index in [4.69, 9.17) is 5.11 Å². The molecule has 0 aromatic carbocycles. The monoisotopic (exact) mass is 101 g/mol. The van der Waals surface area contributed by atoms with Crippen molar-refractivity contribution in [2.45, 2.75) is 19.0 Å². The molecule has 2 atom stereocenters. The van der Waals surface area contributed by atoms with E-state index in [9.17, 15) is 4.79 Å². The summed E-state index contributed by atoms with van der Waals surface area (Å²) in [4.78, 5) is 9.91. The van der Waals surface area contributed by atoms with Crippen molar-refractivity contribution in [1.82, 2.24) is 5.32 Å². The Bertz CT molecular complexity index is 102. The summed E-state index contributed by atoms with van der Waals surface area (Å²) in [5.74, 6) is -0.743. The summed E-state index contributed by atoms with van der Waals surface area (Å²) in [6.07, 6.45) is 0. The Balaban J connectivity index is 2.33. The van der Waals surface area contributed by atoms with Gasteiger partial charge in [0.15, 0.2) is 0 Å². The van der Waals surface area contributed by atoms with Crippen LogP contribution in [0.1, 0.15) is 6.92 Å². The summed E-state index contributed by atoms with van der Waals surface area (Å²) in [6.45, 7) is 1.85. The molecule has 0 unspecified atom stereocenters. The van der Waals surface area contributed by atoms with Crippen molar-refractivity contribution in [3.05, 3.63) is 0 Å². The van der Waals surface area contributed by atoms with E-state index in [1.165, 1.54) is 0 Å². The molecular formula is C4H7NO2. The summed E-state index contributed by atoms with van der Waals surface area (Å²) in [5.41, 5.74) is 0. The number of carbonyl (C=O) groups is 1. The van der Waals surface area contributed by atoms with Crippen molar-refractivity contribution in [1.29, 1.82) is 0 Å². The third-order valence-electron chi connectivity index (χ3n) is 1.10. The quantitative estimate of drug-likeness (QED) is 0.435. The maximum absolute atomic E-state index is 9.91. The first-order valence-electron chi connectivity index (χ1n) is 2.20. The molecule has 1 saturated heterocycles.